The Kier molecular flexibility index (Phi) is 3.97. The van der Waals surface area contributed by atoms with Crippen LogP contribution in [0.4, 0.5) is 0 Å². The highest BCUT2D eigenvalue weighted by Gasteiger charge is 2.52. The van der Waals surface area contributed by atoms with Gasteiger partial charge >= 0.3 is 11.9 Å². The van der Waals surface area contributed by atoms with Crippen molar-refractivity contribution in [1.82, 2.24) is 4.90 Å². The van der Waals surface area contributed by atoms with E-state index in [9.17, 15) is 9.59 Å². The maximum Gasteiger partial charge on any atom is 0.303 e. The molecule has 4 atom stereocenters. The van der Waals surface area contributed by atoms with Gasteiger partial charge in [-0.15, -0.1) is 0 Å². The highest BCUT2D eigenvalue weighted by molar-refractivity contribution is 5.68. The van der Waals surface area contributed by atoms with Gasteiger partial charge in [0, 0.05) is 52.7 Å². The number of esters is 2. The third kappa shape index (κ3) is 2.99. The molecule has 1 aromatic carbocycles. The zero-order valence-electron chi connectivity index (χ0n) is 17.1. The van der Waals surface area contributed by atoms with Crippen LogP contribution >= 0.6 is 0 Å². The van der Waals surface area contributed by atoms with Crippen LogP contribution in [0.15, 0.2) is 23.8 Å². The summed E-state index contributed by atoms with van der Waals surface area (Å²) in [7, 11) is 0. The Balaban J connectivity index is 1.63. The van der Waals surface area contributed by atoms with Gasteiger partial charge in [0.25, 0.3) is 0 Å². The van der Waals surface area contributed by atoms with Crippen molar-refractivity contribution in [2.45, 2.75) is 70.6 Å². The van der Waals surface area contributed by atoms with Crippen molar-refractivity contribution in [2.24, 2.45) is 0 Å². The Morgan fingerprint density at radius 2 is 1.79 bits per heavy atom. The molecule has 1 unspecified atom stereocenters. The molecule has 0 N–H and O–H groups in total. The van der Waals surface area contributed by atoms with Crippen LogP contribution in [-0.2, 0) is 25.6 Å². The van der Waals surface area contributed by atoms with Crippen LogP contribution in [0.5, 0.6) is 11.5 Å². The maximum atomic E-state index is 11.9. The highest BCUT2D eigenvalue weighted by atomic mass is 16.7. The third-order valence-electron chi connectivity index (χ3n) is 6.11. The fourth-order valence-electron chi connectivity index (χ4n) is 5.27. The van der Waals surface area contributed by atoms with Gasteiger partial charge in [-0.05, 0) is 35.8 Å². The monoisotopic (exact) mass is 399 g/mol. The lowest BCUT2D eigenvalue weighted by molar-refractivity contribution is -0.165. The van der Waals surface area contributed by atoms with E-state index in [2.05, 4.69) is 4.90 Å². The average Bonchev–Trinajstić information content (AvgIpc) is 3.13. The molecular weight excluding hydrogens is 374 g/mol. The summed E-state index contributed by atoms with van der Waals surface area (Å²) in [4.78, 5) is 26.1. The molecule has 4 aliphatic rings. The van der Waals surface area contributed by atoms with Crippen LogP contribution in [0.1, 0.15) is 51.2 Å². The molecule has 0 saturated carbocycles. The molecule has 3 aliphatic heterocycles. The van der Waals surface area contributed by atoms with Crippen LogP contribution in [0, 0.1) is 0 Å². The molecular formula is C22H25NO6. The van der Waals surface area contributed by atoms with Gasteiger partial charge in [-0.1, -0.05) is 5.57 Å². The quantitative estimate of drug-likeness (QED) is 0.559. The molecule has 154 valence electrons. The van der Waals surface area contributed by atoms with E-state index in [4.69, 9.17) is 18.9 Å². The van der Waals surface area contributed by atoms with Crippen molar-refractivity contribution < 1.29 is 28.5 Å². The summed E-state index contributed by atoms with van der Waals surface area (Å²) in [6.45, 7) is 8.25. The zero-order valence-corrected chi connectivity index (χ0v) is 17.1. The van der Waals surface area contributed by atoms with Crippen molar-refractivity contribution in [3.05, 3.63) is 34.9 Å². The van der Waals surface area contributed by atoms with E-state index >= 15 is 0 Å². The summed E-state index contributed by atoms with van der Waals surface area (Å²) < 4.78 is 23.2. The van der Waals surface area contributed by atoms with Crippen molar-refractivity contribution >= 4 is 11.9 Å². The van der Waals surface area contributed by atoms with Gasteiger partial charge in [-0.2, -0.15) is 0 Å². The maximum absolute atomic E-state index is 11.9. The van der Waals surface area contributed by atoms with Gasteiger partial charge in [0.1, 0.15) is 0 Å². The fourth-order valence-corrected chi connectivity index (χ4v) is 5.27. The summed E-state index contributed by atoms with van der Waals surface area (Å²) in [5, 5.41) is 0. The van der Waals surface area contributed by atoms with E-state index in [0.29, 0.717) is 5.75 Å². The second-order valence-corrected chi connectivity index (χ2v) is 8.68. The predicted molar refractivity (Wildman–Crippen MR) is 103 cm³/mol. The Morgan fingerprint density at radius 3 is 2.48 bits per heavy atom. The Labute approximate surface area is 169 Å². The zero-order chi connectivity index (χ0) is 20.5. The largest absolute Gasteiger partial charge is 0.458 e. The molecule has 1 aromatic rings. The first-order valence-corrected chi connectivity index (χ1v) is 10.1. The number of fused-ring (bicyclic) bond motifs is 3. The molecule has 29 heavy (non-hydrogen) atoms. The Morgan fingerprint density at radius 1 is 1.10 bits per heavy atom. The molecule has 0 bridgehead atoms. The molecule has 7 nitrogen and oxygen atoms in total. The molecule has 7 heteroatoms. The van der Waals surface area contributed by atoms with Crippen LogP contribution in [0.2, 0.25) is 0 Å². The summed E-state index contributed by atoms with van der Waals surface area (Å²) in [5.41, 5.74) is 3.45. The van der Waals surface area contributed by atoms with E-state index in [1.54, 1.807) is 0 Å². The molecule has 3 heterocycles. The van der Waals surface area contributed by atoms with Crippen molar-refractivity contribution in [2.75, 3.05) is 6.54 Å². The van der Waals surface area contributed by atoms with Gasteiger partial charge in [0.2, 0.25) is 5.79 Å². The normalized spacial score (nSPS) is 30.8. The fraction of sp³-hybridized carbons (Fsp3) is 0.545. The van der Waals surface area contributed by atoms with Crippen LogP contribution in [0.3, 0.4) is 0 Å². The summed E-state index contributed by atoms with van der Waals surface area (Å²) in [6, 6.07) is 4.19. The van der Waals surface area contributed by atoms with Gasteiger partial charge in [0.05, 0.1) is 0 Å². The van der Waals surface area contributed by atoms with Crippen LogP contribution < -0.4 is 9.47 Å². The number of hydrogen-bond acceptors (Lipinski definition) is 7. The minimum absolute atomic E-state index is 0.132. The number of benzene rings is 1. The second-order valence-electron chi connectivity index (χ2n) is 8.68. The average molecular weight is 399 g/mol. The predicted octanol–water partition coefficient (Wildman–Crippen LogP) is 2.67. The third-order valence-corrected chi connectivity index (χ3v) is 6.11. The Hall–Kier alpha value is -2.54. The van der Waals surface area contributed by atoms with Gasteiger partial charge in [0.15, 0.2) is 23.7 Å². The number of hydrogen-bond donors (Lipinski definition) is 0. The molecule has 5 rings (SSSR count). The van der Waals surface area contributed by atoms with Gasteiger partial charge in [-0.3, -0.25) is 14.5 Å². The van der Waals surface area contributed by atoms with Gasteiger partial charge in [-0.25, -0.2) is 0 Å². The number of ether oxygens (including phenoxy) is 4. The number of rotatable bonds is 2. The van der Waals surface area contributed by atoms with E-state index < -0.39 is 18.0 Å². The van der Waals surface area contributed by atoms with E-state index in [1.165, 1.54) is 19.4 Å². The molecule has 1 fully saturated rings. The minimum atomic E-state index is -0.713. The van der Waals surface area contributed by atoms with Crippen molar-refractivity contribution in [1.29, 1.82) is 0 Å². The molecule has 0 spiro atoms. The minimum Gasteiger partial charge on any atom is -0.458 e. The number of carbonyl (C=O) groups excluding carboxylic acids is 2. The van der Waals surface area contributed by atoms with Gasteiger partial charge < -0.3 is 18.9 Å². The van der Waals surface area contributed by atoms with E-state index in [0.717, 1.165) is 36.4 Å². The lowest BCUT2D eigenvalue weighted by Gasteiger charge is -2.46. The summed E-state index contributed by atoms with van der Waals surface area (Å²) >= 11 is 0. The summed E-state index contributed by atoms with van der Waals surface area (Å²) in [5.74, 6) is -0.189. The first-order chi connectivity index (χ1) is 13.7. The SMILES string of the molecule is CC(=O)O[C@@H]1[C@@H](OC(C)=O)C=C2CCN3Cc4cc5c(cc4[C@H]1C23)OC(C)(C)O5. The van der Waals surface area contributed by atoms with Crippen molar-refractivity contribution in [3.63, 3.8) is 0 Å². The second kappa shape index (κ2) is 6.23. The molecule has 0 amide bonds. The lowest BCUT2D eigenvalue weighted by Crippen LogP contribution is -2.52. The molecule has 1 aliphatic carbocycles. The first kappa shape index (κ1) is 18.5. The summed E-state index contributed by atoms with van der Waals surface area (Å²) in [6.07, 6.45) is 1.72. The van der Waals surface area contributed by atoms with Crippen LogP contribution in [-0.4, -0.2) is 47.4 Å². The molecule has 0 radical (unpaired) electrons. The Bertz CT molecular complexity index is 935. The van der Waals surface area contributed by atoms with E-state index in [1.807, 2.05) is 32.1 Å². The number of nitrogens with zero attached hydrogens (tertiary/aromatic N) is 1. The van der Waals surface area contributed by atoms with E-state index in [-0.39, 0.29) is 23.9 Å². The highest BCUT2D eigenvalue weighted by Crippen LogP contribution is 2.51. The van der Waals surface area contributed by atoms with Crippen molar-refractivity contribution in [3.8, 4) is 11.5 Å². The van der Waals surface area contributed by atoms with Crippen LogP contribution in [0.25, 0.3) is 0 Å². The smallest absolute Gasteiger partial charge is 0.303 e. The molecule has 0 aromatic heterocycles. The topological polar surface area (TPSA) is 74.3 Å². The number of carbonyl (C=O) groups is 2. The first-order valence-electron chi connectivity index (χ1n) is 10.1. The standard InChI is InChI=1S/C22H25NO6/c1-11(24)26-18-7-13-5-6-23-10-14-8-16-17(29-22(3,4)28-16)9-15(14)19(20(13)23)21(18)27-12(2)25/h7-9,18-21H,5-6,10H2,1-4H3/t18-,19-,20?,21+/m0/s1. The lowest BCUT2D eigenvalue weighted by atomic mass is 9.73. The molecule has 1 saturated heterocycles.